The first-order valence-corrected chi connectivity index (χ1v) is 5.85. The summed E-state index contributed by atoms with van der Waals surface area (Å²) in [5, 5.41) is 20.2. The maximum atomic E-state index is 11.7. The number of methoxy groups -OCH3 is 1. The number of nitro benzene ring substituents is 1. The molecular weight excluding hydrogens is 290 g/mol. The summed E-state index contributed by atoms with van der Waals surface area (Å²) in [6.07, 6.45) is -0.439. The zero-order valence-corrected chi connectivity index (χ0v) is 11.5. The van der Waals surface area contributed by atoms with Crippen molar-refractivity contribution in [2.45, 2.75) is 13.3 Å². The molecule has 0 aliphatic carbocycles. The zero-order chi connectivity index (χ0) is 15.5. The second-order valence-electron chi connectivity index (χ2n) is 4.30. The van der Waals surface area contributed by atoms with Gasteiger partial charge >= 0.3 is 11.9 Å². The lowest BCUT2D eigenvalue weighted by molar-refractivity contribution is -0.385. The molecule has 0 radical (unpaired) electrons. The molecule has 1 aromatic carbocycles. The Kier molecular flexibility index (Phi) is 4.67. The first kappa shape index (κ1) is 15.9. The Morgan fingerprint density at radius 3 is 2.55 bits per heavy atom. The van der Waals surface area contributed by atoms with E-state index in [0.29, 0.717) is 0 Å². The Morgan fingerprint density at radius 2 is 2.10 bits per heavy atom. The van der Waals surface area contributed by atoms with E-state index in [-0.39, 0.29) is 16.3 Å². The van der Waals surface area contributed by atoms with Gasteiger partial charge in [0.25, 0.3) is 5.69 Å². The minimum Gasteiger partial charge on any atom is -0.480 e. The SMILES string of the molecule is COC(=O)C(C)(Cc1c(Cl)cccc1[N+](=O)[O-])C(=O)O. The molecule has 0 fully saturated rings. The molecule has 0 saturated carbocycles. The lowest BCUT2D eigenvalue weighted by Gasteiger charge is -2.22. The summed E-state index contributed by atoms with van der Waals surface area (Å²) in [5.74, 6) is -2.45. The molecule has 1 unspecified atom stereocenters. The van der Waals surface area contributed by atoms with Crippen molar-refractivity contribution in [1.29, 1.82) is 0 Å². The van der Waals surface area contributed by atoms with Crippen LogP contribution >= 0.6 is 11.6 Å². The van der Waals surface area contributed by atoms with E-state index in [9.17, 15) is 24.8 Å². The predicted octanol–water partition coefficient (Wildman–Crippen LogP) is 2.05. The molecule has 0 aliphatic rings. The highest BCUT2D eigenvalue weighted by molar-refractivity contribution is 6.31. The molecule has 8 heteroatoms. The lowest BCUT2D eigenvalue weighted by Crippen LogP contribution is -2.39. The van der Waals surface area contributed by atoms with Gasteiger partial charge in [-0.05, 0) is 13.0 Å². The van der Waals surface area contributed by atoms with Gasteiger partial charge in [0.2, 0.25) is 0 Å². The predicted molar refractivity (Wildman–Crippen MR) is 69.6 cm³/mol. The quantitative estimate of drug-likeness (QED) is 0.386. The van der Waals surface area contributed by atoms with Crippen LogP contribution in [0.5, 0.6) is 0 Å². The number of hydrogen-bond acceptors (Lipinski definition) is 5. The fourth-order valence-electron chi connectivity index (χ4n) is 1.71. The van der Waals surface area contributed by atoms with Gasteiger partial charge in [0.05, 0.1) is 22.6 Å². The normalized spacial score (nSPS) is 13.3. The number of halogens is 1. The Bertz CT molecular complexity index is 573. The number of esters is 1. The average molecular weight is 302 g/mol. The molecule has 0 bridgehead atoms. The van der Waals surface area contributed by atoms with Crippen molar-refractivity contribution in [1.82, 2.24) is 0 Å². The highest BCUT2D eigenvalue weighted by Gasteiger charge is 2.44. The summed E-state index contributed by atoms with van der Waals surface area (Å²) in [6.45, 7) is 1.13. The molecule has 1 aromatic rings. The van der Waals surface area contributed by atoms with Gasteiger partial charge in [-0.1, -0.05) is 17.7 Å². The van der Waals surface area contributed by atoms with E-state index in [1.54, 1.807) is 0 Å². The molecule has 1 atom stereocenters. The van der Waals surface area contributed by atoms with Gasteiger partial charge in [-0.15, -0.1) is 0 Å². The van der Waals surface area contributed by atoms with Crippen LogP contribution in [0.4, 0.5) is 5.69 Å². The number of nitro groups is 1. The second kappa shape index (κ2) is 5.87. The van der Waals surface area contributed by atoms with E-state index in [1.165, 1.54) is 18.2 Å². The average Bonchev–Trinajstić information content (AvgIpc) is 2.39. The highest BCUT2D eigenvalue weighted by atomic mass is 35.5. The minimum atomic E-state index is -1.95. The Morgan fingerprint density at radius 1 is 1.50 bits per heavy atom. The number of carboxylic acid groups (broad SMARTS) is 1. The van der Waals surface area contributed by atoms with Gasteiger partial charge in [-0.25, -0.2) is 0 Å². The molecule has 7 nitrogen and oxygen atoms in total. The van der Waals surface area contributed by atoms with Crippen molar-refractivity contribution in [3.8, 4) is 0 Å². The maximum Gasteiger partial charge on any atom is 0.323 e. The van der Waals surface area contributed by atoms with Gasteiger partial charge in [-0.2, -0.15) is 0 Å². The number of carbonyl (C=O) groups is 2. The molecule has 20 heavy (non-hydrogen) atoms. The molecule has 108 valence electrons. The summed E-state index contributed by atoms with van der Waals surface area (Å²) in [4.78, 5) is 33.2. The molecule has 0 saturated heterocycles. The fraction of sp³-hybridized carbons (Fsp3) is 0.333. The van der Waals surface area contributed by atoms with Crippen LogP contribution in [0.2, 0.25) is 5.02 Å². The monoisotopic (exact) mass is 301 g/mol. The minimum absolute atomic E-state index is 0.0190. The van der Waals surface area contributed by atoms with E-state index in [2.05, 4.69) is 4.74 Å². The number of carbonyl (C=O) groups excluding carboxylic acids is 1. The van der Waals surface area contributed by atoms with Gasteiger partial charge in [-0.3, -0.25) is 19.7 Å². The number of aliphatic carboxylic acids is 1. The summed E-state index contributed by atoms with van der Waals surface area (Å²) in [5.41, 5.74) is -2.31. The Balaban J connectivity index is 3.36. The molecule has 1 rings (SSSR count). The number of rotatable bonds is 5. The van der Waals surface area contributed by atoms with Crippen LogP contribution in [0, 0.1) is 15.5 Å². The van der Waals surface area contributed by atoms with Gasteiger partial charge in [0, 0.05) is 12.5 Å². The highest BCUT2D eigenvalue weighted by Crippen LogP contribution is 2.34. The van der Waals surface area contributed by atoms with Crippen LogP contribution in [-0.2, 0) is 20.7 Å². The van der Waals surface area contributed by atoms with Crippen molar-refractivity contribution in [3.63, 3.8) is 0 Å². The Hall–Kier alpha value is -2.15. The zero-order valence-electron chi connectivity index (χ0n) is 10.8. The summed E-state index contributed by atoms with van der Waals surface area (Å²) in [7, 11) is 1.05. The van der Waals surface area contributed by atoms with Crippen molar-refractivity contribution in [2.75, 3.05) is 7.11 Å². The molecule has 0 amide bonds. The first-order chi connectivity index (χ1) is 9.24. The molecule has 0 aliphatic heterocycles. The van der Waals surface area contributed by atoms with E-state index in [4.69, 9.17) is 11.6 Å². The standard InChI is InChI=1S/C12H12ClNO6/c1-12(10(15)16,11(17)20-2)6-7-8(13)4-3-5-9(7)14(18)19/h3-5H,6H2,1-2H3,(H,15,16). The third kappa shape index (κ3) is 2.88. The third-order valence-electron chi connectivity index (χ3n) is 2.93. The van der Waals surface area contributed by atoms with Crippen LogP contribution < -0.4 is 0 Å². The molecule has 0 heterocycles. The number of nitrogens with zero attached hydrogens (tertiary/aromatic N) is 1. The molecule has 0 aromatic heterocycles. The number of hydrogen-bond donors (Lipinski definition) is 1. The van der Waals surface area contributed by atoms with E-state index in [1.807, 2.05) is 0 Å². The van der Waals surface area contributed by atoms with Crippen LogP contribution in [0.15, 0.2) is 18.2 Å². The lowest BCUT2D eigenvalue weighted by atomic mass is 9.83. The van der Waals surface area contributed by atoms with Crippen molar-refractivity contribution in [3.05, 3.63) is 38.9 Å². The topological polar surface area (TPSA) is 107 Å². The van der Waals surface area contributed by atoms with E-state index < -0.39 is 28.7 Å². The third-order valence-corrected chi connectivity index (χ3v) is 3.28. The second-order valence-corrected chi connectivity index (χ2v) is 4.71. The van der Waals surface area contributed by atoms with Gasteiger partial charge < -0.3 is 9.84 Å². The molecule has 1 N–H and O–H groups in total. The number of ether oxygens (including phenoxy) is 1. The van der Waals surface area contributed by atoms with Gasteiger partial charge in [0.15, 0.2) is 5.41 Å². The molecule has 0 spiro atoms. The van der Waals surface area contributed by atoms with Crippen LogP contribution in [0.3, 0.4) is 0 Å². The fourth-order valence-corrected chi connectivity index (χ4v) is 1.94. The van der Waals surface area contributed by atoms with E-state index >= 15 is 0 Å². The van der Waals surface area contributed by atoms with Crippen LogP contribution in [-0.4, -0.2) is 29.1 Å². The molecular formula is C12H12ClNO6. The number of carboxylic acids is 1. The smallest absolute Gasteiger partial charge is 0.323 e. The summed E-state index contributed by atoms with van der Waals surface area (Å²) >= 11 is 5.88. The first-order valence-electron chi connectivity index (χ1n) is 5.47. The van der Waals surface area contributed by atoms with Crippen molar-refractivity contribution in [2.24, 2.45) is 5.41 Å². The Labute approximate surface area is 119 Å². The largest absolute Gasteiger partial charge is 0.480 e. The van der Waals surface area contributed by atoms with Crippen LogP contribution in [0.25, 0.3) is 0 Å². The van der Waals surface area contributed by atoms with Gasteiger partial charge in [0.1, 0.15) is 0 Å². The maximum absolute atomic E-state index is 11.7. The number of benzene rings is 1. The van der Waals surface area contributed by atoms with Crippen molar-refractivity contribution >= 4 is 29.2 Å². The van der Waals surface area contributed by atoms with Crippen LogP contribution in [0.1, 0.15) is 12.5 Å². The van der Waals surface area contributed by atoms with Crippen molar-refractivity contribution < 1.29 is 24.4 Å². The summed E-state index contributed by atoms with van der Waals surface area (Å²) in [6, 6.07) is 3.96. The van der Waals surface area contributed by atoms with E-state index in [0.717, 1.165) is 14.0 Å². The summed E-state index contributed by atoms with van der Waals surface area (Å²) < 4.78 is 4.46.